The van der Waals surface area contributed by atoms with Crippen molar-refractivity contribution >= 4 is 212 Å². The van der Waals surface area contributed by atoms with Gasteiger partial charge >= 0.3 is 23.9 Å². The van der Waals surface area contributed by atoms with Gasteiger partial charge in [0, 0.05) is 133 Å². The van der Waals surface area contributed by atoms with Crippen LogP contribution in [0.3, 0.4) is 0 Å². The summed E-state index contributed by atoms with van der Waals surface area (Å²) in [6.07, 6.45) is 46.9. The topological polar surface area (TPSA) is 222 Å². The molecule has 18 aliphatic carbocycles. The number of aliphatic hydroxyl groups is 2. The van der Waals surface area contributed by atoms with Gasteiger partial charge in [0.2, 0.25) is 0 Å². The summed E-state index contributed by atoms with van der Waals surface area (Å²) in [6, 6.07) is 0. The Morgan fingerprint density at radius 3 is 1.05 bits per heavy atom. The Kier molecular flexibility index (Phi) is 65.2. The molecule has 0 saturated heterocycles. The Labute approximate surface area is 824 Å². The van der Waals surface area contributed by atoms with Gasteiger partial charge in [-0.2, -0.15) is 0 Å². The lowest BCUT2D eigenvalue weighted by molar-refractivity contribution is -0.169. The molecule has 10 atom stereocenters. The zero-order valence-electron chi connectivity index (χ0n) is 79.6. The van der Waals surface area contributed by atoms with Crippen LogP contribution in [0.4, 0.5) is 0 Å². The second-order valence-corrected chi connectivity index (χ2v) is 40.2. The molecule has 40 heteroatoms. The Morgan fingerprint density at radius 2 is 0.802 bits per heavy atom. The van der Waals surface area contributed by atoms with Gasteiger partial charge in [0.15, 0.2) is 12.6 Å². The molecule has 0 unspecified atom stereocenters. The molecule has 0 aromatic heterocycles. The molecule has 18 rings (SSSR count). The highest BCUT2D eigenvalue weighted by atomic mass is 16.7. The average Bonchev–Trinajstić information content (AvgIpc) is 0.778. The molecule has 131 heavy (non-hydrogen) atoms. The molecule has 0 aliphatic heterocycles. The molecule has 27 radical (unpaired) electrons. The fourth-order valence-corrected chi connectivity index (χ4v) is 20.5. The van der Waals surface area contributed by atoms with Crippen LogP contribution in [0.5, 0.6) is 0 Å². The number of hydrogen-bond donors (Lipinski definition) is 4. The number of carboxylic acids is 2. The van der Waals surface area contributed by atoms with Crippen molar-refractivity contribution in [2.45, 2.75) is 352 Å². The summed E-state index contributed by atoms with van der Waals surface area (Å²) in [4.78, 5) is 58.5. The van der Waals surface area contributed by atoms with Crippen LogP contribution in [0.1, 0.15) is 315 Å². The zero-order chi connectivity index (χ0) is 97.0. The van der Waals surface area contributed by atoms with Gasteiger partial charge in [-0.05, 0) is 384 Å². The standard InChI is InChI=1S/2C20H32O4.C15H28O3.C15H26O2.C12H20O.C7H10O.2CH4.B7.B6H6.B6H3.B6/c2*1-5-6-7-8-15-14-9-13(10-14)11-17(15)24-18(21)12-16(19(22)23)20(2,3)4;1-3-17-15(18-4-2)7-5-6-13-12-8-11(9-12)10-14(13)16;1-3-16-15(17-4-2)7-5-6-13-9-8-12-10-14(13)11-12;1-2-3-4-5-11-10-6-9(7-10)8-12(11)13;8-7-2-1-5-3-6(7)4-5;;;1-5-7(4)6(2)3;3*1-5(2)6(3)4/h2*5,13-17H,1,6-12H2,2-4H3,(H,22,23);11-16H,3-10H2,1-2H3;9,12,14-15H,3-8,10-11H2,1-2H3;2,9-13H,1,3-8H2;5-6H,1-4H2;2*1H4;;1-2H3;1H3;/q;;;;;;;;;-2;-1;/t13?,14?,15-,16+,17-;13?,14?,15-,16-,17-;11?,12?,13-,14-;;9?,10?,11-,12-;;;;;;;/m011.1......./s1. The SMILES string of the molecule is C.C.C=CCCC[C@@H]1C2CC(C2)C[C@H]1O.C=CCCC[C@@H]1C2CC(C2)C[C@H]1OC(=O)C[C@H](C(=O)O)C(C)(C)C.C=CCCC[C@H]1C2CC(C2)C[C@@H]1OC(=O)C[C@H](C(=O)O)C(C)(C)C.CCOC(CCCC1=CCC2CC1C2)OCC.CCOC(CCC[C@@H]1C2CC(C2)C[C@H]1O)OCC.O=C1CCC2CC1C2.[B]B([B])B([BH3-])[BH3-].[B]B([B])B([B])[BH3-].[B]B([B])B([B])[B].[B][B]B([B])B([B])[B]. The maximum Gasteiger partial charge on any atom is 0.307 e. The maximum atomic E-state index is 12.4. The van der Waals surface area contributed by atoms with Crippen LogP contribution < -0.4 is 0 Å². The molecule has 18 aliphatic rings. The van der Waals surface area contributed by atoms with Gasteiger partial charge in [-0.3, -0.25) is 30.4 Å². The van der Waals surface area contributed by atoms with E-state index in [9.17, 15) is 44.4 Å². The van der Waals surface area contributed by atoms with Crippen molar-refractivity contribution in [3.63, 3.8) is 0 Å². The fraction of sp³-hybridized carbons (Fsp3) is 0.857. The van der Waals surface area contributed by atoms with Crippen LogP contribution in [-0.2, 0) is 52.4 Å². The third-order valence-electron chi connectivity index (χ3n) is 28.2. The van der Waals surface area contributed by atoms with Gasteiger partial charge in [-0.25, -0.2) is 0 Å². The summed E-state index contributed by atoms with van der Waals surface area (Å²) >= 11 is 0. The van der Waals surface area contributed by atoms with Crippen LogP contribution in [-0.4, -0.2) is 295 Å². The normalized spacial score (nSPS) is 27.6. The Bertz CT molecular complexity index is 2990. The van der Waals surface area contributed by atoms with Crippen molar-refractivity contribution < 1.29 is 72.8 Å². The van der Waals surface area contributed by atoms with E-state index in [2.05, 4.69) is 25.8 Å². The third kappa shape index (κ3) is 48.3. The first-order valence-corrected chi connectivity index (χ1v) is 48.4. The lowest BCUT2D eigenvalue weighted by Gasteiger charge is -2.50. The van der Waals surface area contributed by atoms with Crippen molar-refractivity contribution in [3.8, 4) is 0 Å². The maximum absolute atomic E-state index is 12.4. The van der Waals surface area contributed by atoms with Crippen LogP contribution >= 0.6 is 0 Å². The van der Waals surface area contributed by atoms with Gasteiger partial charge in [-0.15, -0.1) is 41.6 Å². The van der Waals surface area contributed by atoms with Crippen molar-refractivity contribution in [2.24, 2.45) is 117 Å². The molecule has 4 N–H and O–H groups in total. The number of aliphatic carboxylic acids is 2. The second kappa shape index (κ2) is 67.3. The van der Waals surface area contributed by atoms with Crippen molar-refractivity contribution in [3.05, 3.63) is 49.6 Å². The Morgan fingerprint density at radius 1 is 0.473 bits per heavy atom. The molecule has 16 saturated carbocycles. The first-order valence-electron chi connectivity index (χ1n) is 48.4. The van der Waals surface area contributed by atoms with E-state index >= 15 is 0 Å². The monoisotopic (exact) mass is 1770 g/mol. The van der Waals surface area contributed by atoms with E-state index in [1.165, 1.54) is 123 Å². The van der Waals surface area contributed by atoms with Crippen LogP contribution in [0, 0.1) is 117 Å². The number of rotatable bonds is 41. The number of aliphatic hydroxyl groups excluding tert-OH is 2. The van der Waals surface area contributed by atoms with Gasteiger partial charge in [0.05, 0.1) is 36.9 Å². The third-order valence-corrected chi connectivity index (χ3v) is 28.2. The number of Topliss-reactive ketones (excluding diaryl/α,β-unsaturated/α-hetero) is 1. The minimum atomic E-state index is -0.923. The van der Waals surface area contributed by atoms with E-state index in [-0.39, 0.29) is 110 Å². The smallest absolute Gasteiger partial charge is 0.307 e. The first kappa shape index (κ1) is 127. The molecule has 0 aromatic rings. The predicted octanol–water partition coefficient (Wildman–Crippen LogP) is 9.22. The number of carbonyl (C=O) groups excluding carboxylic acids is 3. The summed E-state index contributed by atoms with van der Waals surface area (Å²) in [7, 11) is 68.9. The van der Waals surface area contributed by atoms with Crippen LogP contribution in [0.25, 0.3) is 0 Å². The van der Waals surface area contributed by atoms with Crippen molar-refractivity contribution in [1.82, 2.24) is 0 Å². The molecular formula is C91H165B25O15-3. The van der Waals surface area contributed by atoms with Gasteiger partial charge in [-0.1, -0.05) is 100 Å². The highest BCUT2D eigenvalue weighted by Gasteiger charge is 2.51. The van der Waals surface area contributed by atoms with E-state index in [1.807, 2.05) is 87.5 Å². The largest absolute Gasteiger partial charge is 0.481 e. The minimum Gasteiger partial charge on any atom is -0.481 e. The van der Waals surface area contributed by atoms with Gasteiger partial charge in [0.1, 0.15) is 18.0 Å². The minimum absolute atomic E-state index is 0. The molecule has 697 valence electrons. The lowest BCUT2D eigenvalue weighted by atomic mass is 8.76. The second-order valence-electron chi connectivity index (χ2n) is 40.2. The molecule has 0 spiro atoms. The molecule has 0 aromatic carbocycles. The molecule has 0 heterocycles. The number of unbranched alkanes of at least 4 members (excludes halogenated alkanes) is 3. The van der Waals surface area contributed by atoms with Gasteiger partial charge < -0.3 is 48.8 Å². The van der Waals surface area contributed by atoms with Crippen LogP contribution in [0.2, 0.25) is 0 Å². The number of carboxylic acid groups (broad SMARTS) is 2. The molecule has 12 bridgehead atoms. The predicted molar refractivity (Wildman–Crippen MR) is 583 cm³/mol. The van der Waals surface area contributed by atoms with Gasteiger partial charge in [0.25, 0.3) is 0 Å². The summed E-state index contributed by atoms with van der Waals surface area (Å²) in [5.74, 6) is 8.16. The zero-order valence-corrected chi connectivity index (χ0v) is 79.6. The highest BCUT2D eigenvalue weighted by Crippen LogP contribution is 2.55. The summed E-state index contributed by atoms with van der Waals surface area (Å²) in [6.45, 7) is 33.4. The van der Waals surface area contributed by atoms with Crippen molar-refractivity contribution in [2.75, 3.05) is 26.4 Å². The lowest BCUT2D eigenvalue weighted by Crippen LogP contribution is -2.47. The number of hydrogen-bond acceptors (Lipinski definition) is 13. The average molecular weight is 1770 g/mol. The molecule has 15 nitrogen and oxygen atoms in total. The van der Waals surface area contributed by atoms with E-state index in [0.717, 1.165) is 164 Å². The number of allylic oxidation sites excluding steroid dienone is 5. The van der Waals surface area contributed by atoms with E-state index in [0.29, 0.717) is 87.7 Å². The summed E-state index contributed by atoms with van der Waals surface area (Å²) < 4.78 is 33.8. The van der Waals surface area contributed by atoms with E-state index < -0.39 is 53.8 Å². The van der Waals surface area contributed by atoms with E-state index in [4.69, 9.17) is 129 Å². The fourth-order valence-electron chi connectivity index (χ4n) is 20.5. The number of esters is 2. The molecule has 16 fully saturated rings. The number of carbonyl (C=O) groups is 5. The van der Waals surface area contributed by atoms with Crippen LogP contribution in [0.15, 0.2) is 49.6 Å². The number of fused-ring (bicyclic) bond motifs is 11. The quantitative estimate of drug-likeness (QED) is 0.0147. The molecule has 0 amide bonds. The summed E-state index contributed by atoms with van der Waals surface area (Å²) in [5, 5.41) is 38.7. The Hall–Kier alpha value is -2.11. The summed E-state index contributed by atoms with van der Waals surface area (Å²) in [5.41, 5.74) is 0.811. The van der Waals surface area contributed by atoms with Crippen molar-refractivity contribution in [1.29, 1.82) is 0 Å². The van der Waals surface area contributed by atoms with E-state index in [1.54, 1.807) is 5.57 Å². The highest BCUT2D eigenvalue weighted by molar-refractivity contribution is 7.81. The molecular weight excluding hydrogens is 1600 g/mol. The number of ketones is 1. The first-order chi connectivity index (χ1) is 60.8. The number of ether oxygens (including phenoxy) is 6. The Balaban J connectivity index is 0.000000756.